The van der Waals surface area contributed by atoms with E-state index in [1.807, 2.05) is 41.3 Å². The molecule has 2 heterocycles. The summed E-state index contributed by atoms with van der Waals surface area (Å²) in [5, 5.41) is 4.12. The van der Waals surface area contributed by atoms with E-state index in [1.54, 1.807) is 14.2 Å². The molecule has 2 bridgehead atoms. The van der Waals surface area contributed by atoms with Crippen molar-refractivity contribution in [1.82, 2.24) is 5.32 Å². The van der Waals surface area contributed by atoms with E-state index >= 15 is 0 Å². The number of anilines is 1. The fraction of sp³-hybridized carbons (Fsp3) is 0.350. The van der Waals surface area contributed by atoms with Crippen molar-refractivity contribution in [2.75, 3.05) is 19.1 Å². The topological polar surface area (TPSA) is 43.0 Å². The number of fused-ring (bicyclic) bond motifs is 4. The van der Waals surface area contributed by atoms with Crippen molar-refractivity contribution < 1.29 is 14.2 Å². The first-order valence-electron chi connectivity index (χ1n) is 8.61. The van der Waals surface area contributed by atoms with Gasteiger partial charge in [0.2, 0.25) is 0 Å². The summed E-state index contributed by atoms with van der Waals surface area (Å²) >= 11 is 5.73. The molecular weight excluding hydrogens is 348 g/mol. The number of benzene rings is 2. The van der Waals surface area contributed by atoms with E-state index in [9.17, 15) is 0 Å². The van der Waals surface area contributed by atoms with E-state index in [-0.39, 0.29) is 12.0 Å². The second kappa shape index (κ2) is 6.06. The smallest absolute Gasteiger partial charge is 0.191 e. The number of methoxy groups -OCH3 is 2. The molecule has 1 saturated heterocycles. The number of hydrogen-bond acceptors (Lipinski definition) is 4. The number of thiocarbonyl (C=S) groups is 1. The maximum Gasteiger partial charge on any atom is 0.191 e. The lowest BCUT2D eigenvalue weighted by Gasteiger charge is -2.56. The first-order valence-corrected chi connectivity index (χ1v) is 9.01. The molecule has 0 aliphatic carbocycles. The number of hydrogen-bond donors (Lipinski definition) is 1. The van der Waals surface area contributed by atoms with Crippen LogP contribution < -0.4 is 24.4 Å². The van der Waals surface area contributed by atoms with Gasteiger partial charge in [0.1, 0.15) is 5.75 Å². The zero-order chi connectivity index (χ0) is 18.5. The molecule has 6 heteroatoms. The average Bonchev–Trinajstić information content (AvgIpc) is 2.64. The SMILES string of the molecule is COc1ccccc1N1C(=S)N[C@H]2c3cccc(OC)c3O[C@@]1(C)[C@@H]2C. The van der Waals surface area contributed by atoms with E-state index in [0.717, 1.165) is 28.5 Å². The number of para-hydroxylation sites is 3. The number of rotatable bonds is 3. The van der Waals surface area contributed by atoms with E-state index in [1.165, 1.54) is 0 Å². The largest absolute Gasteiger partial charge is 0.495 e. The van der Waals surface area contributed by atoms with Crippen molar-refractivity contribution in [1.29, 1.82) is 0 Å². The Labute approximate surface area is 158 Å². The number of nitrogens with zero attached hydrogens (tertiary/aromatic N) is 1. The Kier molecular flexibility index (Phi) is 3.95. The molecule has 0 aromatic heterocycles. The average molecular weight is 370 g/mol. The summed E-state index contributed by atoms with van der Waals surface area (Å²) in [5.41, 5.74) is 1.26. The van der Waals surface area contributed by atoms with Crippen molar-refractivity contribution in [2.24, 2.45) is 5.92 Å². The molecule has 0 spiro atoms. The van der Waals surface area contributed by atoms with Crippen molar-refractivity contribution in [3.8, 4) is 17.2 Å². The fourth-order valence-electron chi connectivity index (χ4n) is 3.94. The van der Waals surface area contributed by atoms with Gasteiger partial charge in [-0.15, -0.1) is 0 Å². The standard InChI is InChI=1S/C20H22N2O3S/c1-12-17-13-8-7-11-16(24-4)18(13)25-20(12,2)22(19(26)21-17)14-9-5-6-10-15(14)23-3/h5-12,17H,1-4H3,(H,21,26)/t12-,17-,20+/m1/s1. The zero-order valence-electron chi connectivity index (χ0n) is 15.3. The number of ether oxygens (including phenoxy) is 3. The van der Waals surface area contributed by atoms with Gasteiger partial charge in [0.15, 0.2) is 22.3 Å². The van der Waals surface area contributed by atoms with Crippen LogP contribution in [0.3, 0.4) is 0 Å². The van der Waals surface area contributed by atoms with Crippen LogP contribution in [0.25, 0.3) is 0 Å². The van der Waals surface area contributed by atoms with E-state index in [4.69, 9.17) is 26.4 Å². The Morgan fingerprint density at radius 2 is 1.77 bits per heavy atom. The maximum atomic E-state index is 6.58. The van der Waals surface area contributed by atoms with Gasteiger partial charge in [-0.25, -0.2) is 0 Å². The van der Waals surface area contributed by atoms with Gasteiger partial charge in [-0.2, -0.15) is 0 Å². The molecule has 2 aromatic rings. The molecule has 2 aromatic carbocycles. The third-order valence-electron chi connectivity index (χ3n) is 5.47. The molecule has 1 N–H and O–H groups in total. The van der Waals surface area contributed by atoms with Gasteiger partial charge in [-0.05, 0) is 37.3 Å². The van der Waals surface area contributed by atoms with Gasteiger partial charge in [0, 0.05) is 11.5 Å². The minimum absolute atomic E-state index is 0.0531. The zero-order valence-corrected chi connectivity index (χ0v) is 16.1. The van der Waals surface area contributed by atoms with Crippen LogP contribution in [0.2, 0.25) is 0 Å². The summed E-state index contributed by atoms with van der Waals surface area (Å²) in [6.45, 7) is 4.24. The Hall–Kier alpha value is -2.47. The molecule has 0 saturated carbocycles. The quantitative estimate of drug-likeness (QED) is 0.827. The van der Waals surface area contributed by atoms with Crippen LogP contribution in [0, 0.1) is 5.92 Å². The minimum atomic E-state index is -0.677. The van der Waals surface area contributed by atoms with Crippen LogP contribution in [0.4, 0.5) is 5.69 Å². The molecular formula is C20H22N2O3S. The Balaban J connectivity index is 1.89. The van der Waals surface area contributed by atoms with Crippen LogP contribution in [-0.4, -0.2) is 25.1 Å². The summed E-state index contributed by atoms with van der Waals surface area (Å²) in [6, 6.07) is 13.8. The first kappa shape index (κ1) is 17.0. The van der Waals surface area contributed by atoms with Crippen molar-refractivity contribution >= 4 is 23.0 Å². The first-order chi connectivity index (χ1) is 12.5. The lowest BCUT2D eigenvalue weighted by atomic mass is 9.80. The third-order valence-corrected chi connectivity index (χ3v) is 5.77. The van der Waals surface area contributed by atoms with Crippen LogP contribution in [0.15, 0.2) is 42.5 Å². The lowest BCUT2D eigenvalue weighted by molar-refractivity contribution is -0.00571. The molecule has 2 aliphatic rings. The number of nitrogens with one attached hydrogen (secondary N) is 1. The van der Waals surface area contributed by atoms with E-state index < -0.39 is 5.72 Å². The normalized spacial score (nSPS) is 26.5. The monoisotopic (exact) mass is 370 g/mol. The predicted octanol–water partition coefficient (Wildman–Crippen LogP) is 3.88. The highest BCUT2D eigenvalue weighted by molar-refractivity contribution is 7.80. The van der Waals surface area contributed by atoms with Gasteiger partial charge in [-0.1, -0.05) is 31.2 Å². The second-order valence-electron chi connectivity index (χ2n) is 6.76. The van der Waals surface area contributed by atoms with Crippen molar-refractivity contribution in [2.45, 2.75) is 25.6 Å². The molecule has 0 radical (unpaired) electrons. The van der Waals surface area contributed by atoms with Crippen LogP contribution >= 0.6 is 12.2 Å². The van der Waals surface area contributed by atoms with Crippen LogP contribution in [0.1, 0.15) is 25.5 Å². The minimum Gasteiger partial charge on any atom is -0.495 e. The van der Waals surface area contributed by atoms with E-state index in [0.29, 0.717) is 5.11 Å². The van der Waals surface area contributed by atoms with Crippen molar-refractivity contribution in [3.63, 3.8) is 0 Å². The Bertz CT molecular complexity index is 872. The fourth-order valence-corrected chi connectivity index (χ4v) is 4.35. The summed E-state index contributed by atoms with van der Waals surface area (Å²) in [7, 11) is 3.32. The molecule has 0 amide bonds. The molecule has 0 unspecified atom stereocenters. The summed E-state index contributed by atoms with van der Waals surface area (Å²) in [6.07, 6.45) is 0. The third kappa shape index (κ3) is 2.25. The predicted molar refractivity (Wildman–Crippen MR) is 105 cm³/mol. The molecule has 4 rings (SSSR count). The molecule has 3 atom stereocenters. The molecule has 5 nitrogen and oxygen atoms in total. The molecule has 136 valence electrons. The van der Waals surface area contributed by atoms with Crippen LogP contribution in [-0.2, 0) is 0 Å². The van der Waals surface area contributed by atoms with E-state index in [2.05, 4.69) is 25.2 Å². The molecule has 26 heavy (non-hydrogen) atoms. The van der Waals surface area contributed by atoms with Gasteiger partial charge >= 0.3 is 0 Å². The highest BCUT2D eigenvalue weighted by Gasteiger charge is 2.54. The Morgan fingerprint density at radius 3 is 2.50 bits per heavy atom. The Morgan fingerprint density at radius 1 is 1.08 bits per heavy atom. The summed E-state index contributed by atoms with van der Waals surface area (Å²) < 4.78 is 17.7. The van der Waals surface area contributed by atoms with Gasteiger partial charge in [0.05, 0.1) is 25.9 Å². The molecule has 2 aliphatic heterocycles. The highest BCUT2D eigenvalue weighted by Crippen LogP contribution is 2.52. The lowest BCUT2D eigenvalue weighted by Crippen LogP contribution is -2.69. The summed E-state index contributed by atoms with van der Waals surface area (Å²) in [4.78, 5) is 2.01. The van der Waals surface area contributed by atoms with Crippen molar-refractivity contribution in [3.05, 3.63) is 48.0 Å². The summed E-state index contributed by atoms with van der Waals surface area (Å²) in [5.74, 6) is 2.37. The maximum absolute atomic E-state index is 6.58. The second-order valence-corrected chi connectivity index (χ2v) is 7.15. The van der Waals surface area contributed by atoms with Gasteiger partial charge in [0.25, 0.3) is 0 Å². The van der Waals surface area contributed by atoms with Crippen LogP contribution in [0.5, 0.6) is 17.2 Å². The van der Waals surface area contributed by atoms with Gasteiger partial charge < -0.3 is 19.5 Å². The van der Waals surface area contributed by atoms with Gasteiger partial charge in [-0.3, -0.25) is 4.90 Å². The molecule has 1 fully saturated rings. The highest BCUT2D eigenvalue weighted by atomic mass is 32.1.